The van der Waals surface area contributed by atoms with Crippen molar-refractivity contribution in [2.24, 2.45) is 0 Å². The van der Waals surface area contributed by atoms with Gasteiger partial charge in [-0.1, -0.05) is 19.4 Å². The monoisotopic (exact) mass is 178 g/mol. The quantitative estimate of drug-likeness (QED) is 0.722. The molecule has 0 spiro atoms. The Morgan fingerprint density at radius 3 is 2.62 bits per heavy atom. The van der Waals surface area contributed by atoms with Crippen molar-refractivity contribution in [3.05, 3.63) is 29.3 Å². The Bertz CT molecular complexity index is 316. The molecular weight excluding hydrogens is 164 g/mol. The van der Waals surface area contributed by atoms with Gasteiger partial charge in [0.2, 0.25) is 0 Å². The van der Waals surface area contributed by atoms with Gasteiger partial charge in [0.05, 0.1) is 5.56 Å². The van der Waals surface area contributed by atoms with Gasteiger partial charge in [-0.2, -0.15) is 0 Å². The van der Waals surface area contributed by atoms with E-state index in [0.717, 1.165) is 18.4 Å². The van der Waals surface area contributed by atoms with Crippen LogP contribution < -0.4 is 0 Å². The Hall–Kier alpha value is -1.31. The number of carbonyl (C=O) groups is 1. The van der Waals surface area contributed by atoms with Gasteiger partial charge in [-0.15, -0.1) is 0 Å². The third-order valence-corrected chi connectivity index (χ3v) is 1.98. The van der Waals surface area contributed by atoms with Crippen LogP contribution in [0.25, 0.3) is 0 Å². The Labute approximate surface area is 78.2 Å². The molecule has 0 bridgehead atoms. The molecule has 0 amide bonds. The molecule has 13 heavy (non-hydrogen) atoms. The molecule has 1 rings (SSSR count). The van der Waals surface area contributed by atoms with Crippen molar-refractivity contribution in [1.82, 2.24) is 0 Å². The van der Waals surface area contributed by atoms with E-state index in [1.165, 1.54) is 6.92 Å². The highest BCUT2D eigenvalue weighted by Crippen LogP contribution is 2.19. The summed E-state index contributed by atoms with van der Waals surface area (Å²) in [7, 11) is 0. The average Bonchev–Trinajstić information content (AvgIpc) is 2.04. The van der Waals surface area contributed by atoms with Gasteiger partial charge in [-0.05, 0) is 31.0 Å². The van der Waals surface area contributed by atoms with Crippen molar-refractivity contribution in [2.45, 2.75) is 26.7 Å². The molecule has 0 fully saturated rings. The van der Waals surface area contributed by atoms with Crippen molar-refractivity contribution >= 4 is 5.78 Å². The van der Waals surface area contributed by atoms with Crippen LogP contribution >= 0.6 is 0 Å². The second-order valence-corrected chi connectivity index (χ2v) is 3.16. The number of carbonyl (C=O) groups excluding carboxylic acids is 1. The lowest BCUT2D eigenvalue weighted by molar-refractivity contribution is 0.101. The number of hydrogen-bond donors (Lipinski definition) is 1. The Kier molecular flexibility index (Phi) is 3.07. The number of hydrogen-bond acceptors (Lipinski definition) is 2. The lowest BCUT2D eigenvalue weighted by Crippen LogP contribution is -1.93. The Morgan fingerprint density at radius 2 is 2.15 bits per heavy atom. The van der Waals surface area contributed by atoms with Crippen molar-refractivity contribution in [3.8, 4) is 5.75 Å². The Balaban J connectivity index is 2.98. The molecule has 0 saturated carbocycles. The van der Waals surface area contributed by atoms with E-state index in [1.54, 1.807) is 12.1 Å². The summed E-state index contributed by atoms with van der Waals surface area (Å²) >= 11 is 0. The van der Waals surface area contributed by atoms with E-state index in [1.807, 2.05) is 6.07 Å². The van der Waals surface area contributed by atoms with Gasteiger partial charge in [0.15, 0.2) is 5.78 Å². The van der Waals surface area contributed by atoms with Crippen molar-refractivity contribution < 1.29 is 9.90 Å². The minimum absolute atomic E-state index is 0.0958. The largest absolute Gasteiger partial charge is 0.507 e. The maximum absolute atomic E-state index is 11.0. The fourth-order valence-electron chi connectivity index (χ4n) is 1.32. The van der Waals surface area contributed by atoms with Gasteiger partial charge in [0.25, 0.3) is 0 Å². The van der Waals surface area contributed by atoms with E-state index in [4.69, 9.17) is 0 Å². The number of benzene rings is 1. The molecule has 0 atom stereocenters. The molecule has 1 aromatic carbocycles. The van der Waals surface area contributed by atoms with Crippen molar-refractivity contribution in [3.63, 3.8) is 0 Å². The number of phenolic OH excluding ortho intramolecular Hbond substituents is 1. The normalized spacial score (nSPS) is 10.0. The molecule has 1 N–H and O–H groups in total. The first-order valence-electron chi connectivity index (χ1n) is 4.48. The number of aryl methyl sites for hydroxylation is 1. The third kappa shape index (κ3) is 2.31. The average molecular weight is 178 g/mol. The molecule has 1 aromatic rings. The van der Waals surface area contributed by atoms with E-state index < -0.39 is 0 Å². The van der Waals surface area contributed by atoms with Gasteiger partial charge in [0, 0.05) is 0 Å². The highest BCUT2D eigenvalue weighted by atomic mass is 16.3. The molecule has 0 unspecified atom stereocenters. The van der Waals surface area contributed by atoms with Gasteiger partial charge in [-0.3, -0.25) is 4.79 Å². The second kappa shape index (κ2) is 4.08. The summed E-state index contributed by atoms with van der Waals surface area (Å²) in [6.07, 6.45) is 1.98. The summed E-state index contributed by atoms with van der Waals surface area (Å²) in [5.74, 6) is -0.000927. The van der Waals surface area contributed by atoms with Crippen LogP contribution in [0.2, 0.25) is 0 Å². The van der Waals surface area contributed by atoms with Crippen LogP contribution in [0, 0.1) is 0 Å². The summed E-state index contributed by atoms with van der Waals surface area (Å²) in [6.45, 7) is 3.53. The SMILES string of the molecule is CCCc1ccc(C(C)=O)c(O)c1. The highest BCUT2D eigenvalue weighted by molar-refractivity contribution is 5.96. The van der Waals surface area contributed by atoms with Crippen LogP contribution in [0.4, 0.5) is 0 Å². The maximum Gasteiger partial charge on any atom is 0.163 e. The molecule has 0 radical (unpaired) electrons. The topological polar surface area (TPSA) is 37.3 Å². The molecular formula is C11H14O2. The summed E-state index contributed by atoms with van der Waals surface area (Å²) in [4.78, 5) is 11.0. The lowest BCUT2D eigenvalue weighted by Gasteiger charge is -2.03. The zero-order valence-electron chi connectivity index (χ0n) is 8.00. The molecule has 0 aliphatic rings. The van der Waals surface area contributed by atoms with Crippen molar-refractivity contribution in [2.75, 3.05) is 0 Å². The van der Waals surface area contributed by atoms with Gasteiger partial charge < -0.3 is 5.11 Å². The predicted octanol–water partition coefficient (Wildman–Crippen LogP) is 2.55. The van der Waals surface area contributed by atoms with Crippen LogP contribution in [0.1, 0.15) is 36.2 Å². The summed E-state index contributed by atoms with van der Waals surface area (Å²) in [6, 6.07) is 5.24. The highest BCUT2D eigenvalue weighted by Gasteiger charge is 2.05. The van der Waals surface area contributed by atoms with Gasteiger partial charge in [-0.25, -0.2) is 0 Å². The maximum atomic E-state index is 11.0. The summed E-state index contributed by atoms with van der Waals surface area (Å²) in [5.41, 5.74) is 1.48. The fraction of sp³-hybridized carbons (Fsp3) is 0.364. The minimum Gasteiger partial charge on any atom is -0.507 e. The molecule has 2 nitrogen and oxygen atoms in total. The number of Topliss-reactive ketones (excluding diaryl/α,β-unsaturated/α-hetero) is 1. The molecule has 2 heteroatoms. The van der Waals surface area contributed by atoms with E-state index in [2.05, 4.69) is 6.92 Å². The zero-order valence-corrected chi connectivity index (χ0v) is 8.00. The lowest BCUT2D eigenvalue weighted by atomic mass is 10.0. The van der Waals surface area contributed by atoms with Gasteiger partial charge in [0.1, 0.15) is 5.75 Å². The first-order chi connectivity index (χ1) is 6.15. The van der Waals surface area contributed by atoms with Crippen molar-refractivity contribution in [1.29, 1.82) is 0 Å². The standard InChI is InChI=1S/C11H14O2/c1-3-4-9-5-6-10(8(2)12)11(13)7-9/h5-7,13H,3-4H2,1-2H3. The number of aromatic hydroxyl groups is 1. The second-order valence-electron chi connectivity index (χ2n) is 3.16. The van der Waals surface area contributed by atoms with Crippen LogP contribution in [0.15, 0.2) is 18.2 Å². The minimum atomic E-state index is -0.0967. The molecule has 0 heterocycles. The van der Waals surface area contributed by atoms with E-state index in [0.29, 0.717) is 5.56 Å². The van der Waals surface area contributed by atoms with Crippen LogP contribution in [0.5, 0.6) is 5.75 Å². The van der Waals surface area contributed by atoms with E-state index >= 15 is 0 Å². The molecule has 0 aromatic heterocycles. The fourth-order valence-corrected chi connectivity index (χ4v) is 1.32. The van der Waals surface area contributed by atoms with Crippen LogP contribution in [-0.2, 0) is 6.42 Å². The number of phenols is 1. The summed E-state index contributed by atoms with van der Waals surface area (Å²) < 4.78 is 0. The van der Waals surface area contributed by atoms with Crippen LogP contribution in [-0.4, -0.2) is 10.9 Å². The predicted molar refractivity (Wildman–Crippen MR) is 52.1 cm³/mol. The van der Waals surface area contributed by atoms with Gasteiger partial charge >= 0.3 is 0 Å². The van der Waals surface area contributed by atoms with E-state index in [9.17, 15) is 9.90 Å². The molecule has 0 saturated heterocycles. The molecule has 0 aliphatic carbocycles. The Morgan fingerprint density at radius 1 is 1.46 bits per heavy atom. The van der Waals surface area contributed by atoms with E-state index in [-0.39, 0.29) is 11.5 Å². The van der Waals surface area contributed by atoms with Crippen LogP contribution in [0.3, 0.4) is 0 Å². The molecule has 0 aliphatic heterocycles. The third-order valence-electron chi connectivity index (χ3n) is 1.98. The first kappa shape index (κ1) is 9.78. The smallest absolute Gasteiger partial charge is 0.163 e. The number of ketones is 1. The first-order valence-corrected chi connectivity index (χ1v) is 4.48. The summed E-state index contributed by atoms with van der Waals surface area (Å²) in [5, 5.41) is 9.47. The molecule has 70 valence electrons. The zero-order chi connectivity index (χ0) is 9.84. The number of rotatable bonds is 3.